The Labute approximate surface area is 192 Å². The highest BCUT2D eigenvalue weighted by molar-refractivity contribution is 6.99. The average molecular weight is 453 g/mol. The van der Waals surface area contributed by atoms with Gasteiger partial charge in [0.2, 0.25) is 0 Å². The van der Waals surface area contributed by atoms with Crippen LogP contribution in [0.25, 0.3) is 0 Å². The molecule has 0 atom stereocenters. The summed E-state index contributed by atoms with van der Waals surface area (Å²) in [6.07, 6.45) is 13.7. The molecule has 0 aromatic heterocycles. The van der Waals surface area contributed by atoms with E-state index in [4.69, 9.17) is 18.0 Å². The lowest BCUT2D eigenvalue weighted by molar-refractivity contribution is 0.970. The van der Waals surface area contributed by atoms with Gasteiger partial charge in [0.1, 0.15) is 16.1 Å². The second-order valence-electron chi connectivity index (χ2n) is 8.82. The molecule has 160 valence electrons. The predicted molar refractivity (Wildman–Crippen MR) is 143 cm³/mol. The first-order valence-electron chi connectivity index (χ1n) is 10.9. The molecule has 1 rings (SSSR count). The molecule has 1 aromatic rings. The van der Waals surface area contributed by atoms with Gasteiger partial charge < -0.3 is 0 Å². The summed E-state index contributed by atoms with van der Waals surface area (Å²) in [7, 11) is -3.74. The van der Waals surface area contributed by atoms with Gasteiger partial charge in [-0.1, -0.05) is 105 Å². The fourth-order valence-electron chi connectivity index (χ4n) is 3.73. The molecular weight excluding hydrogens is 416 g/mol. The third kappa shape index (κ3) is 7.21. The number of halogens is 1. The number of benzene rings is 1. The number of hydrogen-bond donors (Lipinski definition) is 0. The van der Waals surface area contributed by atoms with E-state index in [1.165, 1.54) is 16.3 Å². The fraction of sp³-hybridized carbons (Fsp3) is 0.407. The molecule has 0 saturated heterocycles. The summed E-state index contributed by atoms with van der Waals surface area (Å²) in [6.45, 7) is 19.1. The van der Waals surface area contributed by atoms with Crippen molar-refractivity contribution >= 4 is 32.9 Å². The Morgan fingerprint density at radius 3 is 1.87 bits per heavy atom. The van der Waals surface area contributed by atoms with Crippen molar-refractivity contribution in [3.8, 4) is 23.8 Å². The van der Waals surface area contributed by atoms with Crippen LogP contribution in [0.3, 0.4) is 0 Å². The Kier molecular flexibility index (Phi) is 10.7. The van der Waals surface area contributed by atoms with E-state index in [2.05, 4.69) is 82.2 Å². The maximum atomic E-state index is 6.66. The van der Waals surface area contributed by atoms with Gasteiger partial charge in [-0.15, -0.1) is 25.1 Å². The number of aryl methyl sites for hydroxylation is 2. The van der Waals surface area contributed by atoms with E-state index in [-0.39, 0.29) is 0 Å². The zero-order chi connectivity index (χ0) is 22.8. The summed E-state index contributed by atoms with van der Waals surface area (Å²) in [6, 6.07) is 9.17. The minimum atomic E-state index is -2.17. The van der Waals surface area contributed by atoms with Crippen molar-refractivity contribution in [1.29, 1.82) is 0 Å². The van der Waals surface area contributed by atoms with Crippen LogP contribution in [0.2, 0.25) is 31.7 Å². The first kappa shape index (κ1) is 26.3. The predicted octanol–water partition coefficient (Wildman–Crippen LogP) is 7.17. The lowest BCUT2D eigenvalue weighted by Gasteiger charge is -2.32. The Balaban J connectivity index is 3.79. The quantitative estimate of drug-likeness (QED) is 0.200. The zero-order valence-corrected chi connectivity index (χ0v) is 22.3. The first-order valence-corrected chi connectivity index (χ1v) is 17.2. The topological polar surface area (TPSA) is 0 Å². The SMILES string of the molecule is C#C/C(Cl)=C(/C#C[Si](C)(C)C)[Si](CC)(CC)c1cc(CCC=C)cc(CCC=C)c1. The van der Waals surface area contributed by atoms with Crippen molar-refractivity contribution in [3.05, 3.63) is 64.9 Å². The van der Waals surface area contributed by atoms with Crippen LogP contribution in [0.1, 0.15) is 37.8 Å². The van der Waals surface area contributed by atoms with Gasteiger partial charge in [-0.25, -0.2) is 0 Å². The summed E-state index contributed by atoms with van der Waals surface area (Å²) in [5.74, 6) is 6.23. The zero-order valence-electron chi connectivity index (χ0n) is 19.5. The molecule has 0 spiro atoms. The number of terminal acetylenes is 1. The van der Waals surface area contributed by atoms with Crippen LogP contribution in [0, 0.1) is 23.8 Å². The van der Waals surface area contributed by atoms with Crippen molar-refractivity contribution in [1.82, 2.24) is 0 Å². The summed E-state index contributed by atoms with van der Waals surface area (Å²) < 4.78 is 0. The van der Waals surface area contributed by atoms with Crippen molar-refractivity contribution in [2.24, 2.45) is 0 Å². The van der Waals surface area contributed by atoms with Gasteiger partial charge in [0.15, 0.2) is 0 Å². The van der Waals surface area contributed by atoms with Crippen molar-refractivity contribution in [2.75, 3.05) is 0 Å². The molecule has 0 amide bonds. The Hall–Kier alpha value is -1.72. The smallest absolute Gasteiger partial charge is 0.127 e. The maximum Gasteiger partial charge on any atom is 0.131 e. The number of allylic oxidation sites excluding steroid dienone is 4. The molecule has 0 bridgehead atoms. The first-order chi connectivity index (χ1) is 14.2. The lowest BCUT2D eigenvalue weighted by Crippen LogP contribution is -2.49. The van der Waals surface area contributed by atoms with E-state index in [9.17, 15) is 0 Å². The molecule has 0 nitrogen and oxygen atoms in total. The van der Waals surface area contributed by atoms with Crippen LogP contribution < -0.4 is 5.19 Å². The van der Waals surface area contributed by atoms with E-state index in [0.717, 1.165) is 43.0 Å². The van der Waals surface area contributed by atoms with Gasteiger partial charge in [-0.3, -0.25) is 0 Å². The monoisotopic (exact) mass is 452 g/mol. The maximum absolute atomic E-state index is 6.66. The molecule has 3 heteroatoms. The van der Waals surface area contributed by atoms with E-state index >= 15 is 0 Å². The Bertz CT molecular complexity index is 848. The second kappa shape index (κ2) is 12.2. The summed E-state index contributed by atoms with van der Waals surface area (Å²) >= 11 is 6.66. The van der Waals surface area contributed by atoms with Crippen LogP contribution in [-0.2, 0) is 12.8 Å². The average Bonchev–Trinajstić information content (AvgIpc) is 2.72. The molecule has 30 heavy (non-hydrogen) atoms. The van der Waals surface area contributed by atoms with E-state index in [0.29, 0.717) is 5.03 Å². The molecular formula is C27H37ClSi2. The second-order valence-corrected chi connectivity index (χ2v) is 18.6. The minimum Gasteiger partial charge on any atom is -0.127 e. The standard InChI is InChI=1S/C27H37ClSi2/c1-9-14-16-23-20-24(17-15-10-2)22-25(21-23)30(12-4,13-5)27(26(28)11-3)18-19-29(6,7)8/h3,9-10,20-22H,1-2,12-17H2,4-8H3/b27-26+. The van der Waals surface area contributed by atoms with Crippen molar-refractivity contribution in [2.45, 2.75) is 71.3 Å². The van der Waals surface area contributed by atoms with Gasteiger partial charge in [0.05, 0.1) is 5.03 Å². The molecule has 0 unspecified atom stereocenters. The molecule has 0 saturated carbocycles. The van der Waals surface area contributed by atoms with Crippen molar-refractivity contribution < 1.29 is 0 Å². The minimum absolute atomic E-state index is 0.500. The van der Waals surface area contributed by atoms with E-state index < -0.39 is 16.1 Å². The molecule has 0 aliphatic heterocycles. The van der Waals surface area contributed by atoms with Crippen LogP contribution in [-0.4, -0.2) is 16.1 Å². The van der Waals surface area contributed by atoms with Gasteiger partial charge in [0.25, 0.3) is 0 Å². The molecule has 0 aliphatic carbocycles. The molecule has 0 N–H and O–H groups in total. The molecule has 0 aliphatic rings. The van der Waals surface area contributed by atoms with Gasteiger partial charge in [-0.05, 0) is 36.8 Å². The van der Waals surface area contributed by atoms with Gasteiger partial charge in [0, 0.05) is 5.20 Å². The summed E-state index contributed by atoms with van der Waals surface area (Å²) in [5, 5.41) is 2.94. The summed E-state index contributed by atoms with van der Waals surface area (Å²) in [5.41, 5.74) is 6.26. The van der Waals surface area contributed by atoms with E-state index in [1.54, 1.807) is 0 Å². The third-order valence-electron chi connectivity index (χ3n) is 5.47. The molecule has 0 radical (unpaired) electrons. The van der Waals surface area contributed by atoms with Crippen molar-refractivity contribution in [3.63, 3.8) is 0 Å². The molecule has 0 heterocycles. The van der Waals surface area contributed by atoms with Gasteiger partial charge in [-0.2, -0.15) is 0 Å². The highest BCUT2D eigenvalue weighted by Gasteiger charge is 2.37. The van der Waals surface area contributed by atoms with Crippen LogP contribution in [0.15, 0.2) is 53.7 Å². The lowest BCUT2D eigenvalue weighted by atomic mass is 10.0. The normalized spacial score (nSPS) is 12.3. The van der Waals surface area contributed by atoms with Crippen LogP contribution in [0.4, 0.5) is 0 Å². The fourth-order valence-corrected chi connectivity index (χ4v) is 8.97. The number of rotatable bonds is 10. The van der Waals surface area contributed by atoms with Crippen LogP contribution in [0.5, 0.6) is 0 Å². The third-order valence-corrected chi connectivity index (χ3v) is 11.9. The van der Waals surface area contributed by atoms with E-state index in [1.807, 2.05) is 12.2 Å². The highest BCUT2D eigenvalue weighted by atomic mass is 35.5. The Morgan fingerprint density at radius 2 is 1.50 bits per heavy atom. The molecule has 1 aromatic carbocycles. The van der Waals surface area contributed by atoms with Gasteiger partial charge >= 0.3 is 0 Å². The summed E-state index contributed by atoms with van der Waals surface area (Å²) in [4.78, 5) is 0. The molecule has 0 fully saturated rings. The number of hydrogen-bond acceptors (Lipinski definition) is 0. The highest BCUT2D eigenvalue weighted by Crippen LogP contribution is 2.29. The van der Waals surface area contributed by atoms with Crippen LogP contribution >= 0.6 is 11.6 Å². The Morgan fingerprint density at radius 1 is 1.00 bits per heavy atom. The largest absolute Gasteiger partial charge is 0.131 e.